The van der Waals surface area contributed by atoms with Crippen molar-refractivity contribution in [1.29, 1.82) is 0 Å². The number of carboxylic acid groups (broad SMARTS) is 1. The Hall–Kier alpha value is -0.820. The third-order valence-corrected chi connectivity index (χ3v) is 4.53. The van der Waals surface area contributed by atoms with E-state index in [1.165, 1.54) is 16.7 Å². The van der Waals surface area contributed by atoms with Gasteiger partial charge in [-0.1, -0.05) is 23.2 Å². The average Bonchev–Trinajstić information content (AvgIpc) is 2.79. The zero-order valence-corrected chi connectivity index (χ0v) is 12.5. The van der Waals surface area contributed by atoms with Crippen LogP contribution in [0.25, 0.3) is 0 Å². The summed E-state index contributed by atoms with van der Waals surface area (Å²) in [6.45, 7) is 0. The Morgan fingerprint density at radius 1 is 1.39 bits per heavy atom. The van der Waals surface area contributed by atoms with Crippen molar-refractivity contribution < 1.29 is 9.90 Å². The molecule has 0 amide bonds. The zero-order valence-electron chi connectivity index (χ0n) is 8.58. The summed E-state index contributed by atoms with van der Waals surface area (Å²) in [6, 6.07) is 3.46. The van der Waals surface area contributed by atoms with Crippen LogP contribution in [-0.2, 0) is 0 Å². The monoisotopic (exact) mass is 366 g/mol. The van der Waals surface area contributed by atoms with E-state index < -0.39 is 5.97 Å². The van der Waals surface area contributed by atoms with Gasteiger partial charge >= 0.3 is 5.97 Å². The van der Waals surface area contributed by atoms with Gasteiger partial charge in [-0.15, -0.1) is 11.3 Å². The van der Waals surface area contributed by atoms with Crippen molar-refractivity contribution in [3.05, 3.63) is 37.7 Å². The summed E-state index contributed by atoms with van der Waals surface area (Å²) in [5.41, 5.74) is 0.554. The molecule has 0 radical (unpaired) electrons. The van der Waals surface area contributed by atoms with Crippen molar-refractivity contribution in [1.82, 2.24) is 4.98 Å². The van der Waals surface area contributed by atoms with E-state index in [0.717, 1.165) is 0 Å². The number of rotatable bonds is 3. The SMILES string of the molecule is O=C(O)c1csc(Nc2ccc(Br)c(Cl)c2Cl)n1. The highest BCUT2D eigenvalue weighted by atomic mass is 79.9. The summed E-state index contributed by atoms with van der Waals surface area (Å²) in [5.74, 6) is -1.07. The van der Waals surface area contributed by atoms with Gasteiger partial charge in [0.25, 0.3) is 0 Å². The topological polar surface area (TPSA) is 62.2 Å². The third kappa shape index (κ3) is 2.77. The van der Waals surface area contributed by atoms with Crippen molar-refractivity contribution in [3.8, 4) is 0 Å². The summed E-state index contributed by atoms with van der Waals surface area (Å²) in [6.07, 6.45) is 0. The minimum Gasteiger partial charge on any atom is -0.476 e. The number of halogens is 3. The molecule has 18 heavy (non-hydrogen) atoms. The number of nitrogens with one attached hydrogen (secondary N) is 1. The number of carboxylic acids is 1. The summed E-state index contributed by atoms with van der Waals surface area (Å²) >= 11 is 16.5. The van der Waals surface area contributed by atoms with Crippen LogP contribution in [0.4, 0.5) is 10.8 Å². The van der Waals surface area contributed by atoms with E-state index in [1.807, 2.05) is 0 Å². The number of benzene rings is 1. The highest BCUT2D eigenvalue weighted by Crippen LogP contribution is 2.37. The molecular formula is C10H5BrCl2N2O2S. The van der Waals surface area contributed by atoms with Crippen LogP contribution < -0.4 is 5.32 Å². The van der Waals surface area contributed by atoms with Crippen molar-refractivity contribution in [2.75, 3.05) is 5.32 Å². The van der Waals surface area contributed by atoms with E-state index in [1.54, 1.807) is 12.1 Å². The fourth-order valence-corrected chi connectivity index (χ4v) is 2.69. The summed E-state index contributed by atoms with van der Waals surface area (Å²) in [7, 11) is 0. The van der Waals surface area contributed by atoms with Crippen molar-refractivity contribution in [2.45, 2.75) is 0 Å². The molecule has 0 bridgehead atoms. The summed E-state index contributed by atoms with van der Waals surface area (Å²) in [5, 5.41) is 14.3. The molecule has 0 saturated heterocycles. The second kappa shape index (κ2) is 5.44. The first kappa shape index (κ1) is 13.6. The molecule has 4 nitrogen and oxygen atoms in total. The average molecular weight is 368 g/mol. The Morgan fingerprint density at radius 3 is 2.72 bits per heavy atom. The Kier molecular flexibility index (Phi) is 4.11. The van der Waals surface area contributed by atoms with Crippen LogP contribution in [0.1, 0.15) is 10.5 Å². The van der Waals surface area contributed by atoms with Gasteiger partial charge in [0.05, 0.1) is 15.7 Å². The predicted octanol–water partition coefficient (Wildman–Crippen LogP) is 4.65. The lowest BCUT2D eigenvalue weighted by molar-refractivity contribution is 0.0691. The molecule has 0 unspecified atom stereocenters. The minimum atomic E-state index is -1.07. The molecule has 0 aliphatic heterocycles. The molecule has 2 rings (SSSR count). The molecule has 1 aromatic heterocycles. The van der Waals surface area contributed by atoms with Crippen LogP contribution in [0.2, 0.25) is 10.0 Å². The highest BCUT2D eigenvalue weighted by molar-refractivity contribution is 9.10. The number of anilines is 2. The van der Waals surface area contributed by atoms with E-state index in [9.17, 15) is 4.79 Å². The second-order valence-corrected chi connectivity index (χ2v) is 5.66. The van der Waals surface area contributed by atoms with Crippen LogP contribution in [0, 0.1) is 0 Å². The van der Waals surface area contributed by atoms with E-state index in [-0.39, 0.29) is 5.69 Å². The first-order valence-corrected chi connectivity index (χ1v) is 7.01. The van der Waals surface area contributed by atoms with Gasteiger partial charge in [-0.25, -0.2) is 9.78 Å². The number of thiazole rings is 1. The molecule has 8 heteroatoms. The quantitative estimate of drug-likeness (QED) is 0.774. The Morgan fingerprint density at radius 2 is 2.11 bits per heavy atom. The van der Waals surface area contributed by atoms with Crippen molar-refractivity contribution in [2.24, 2.45) is 0 Å². The van der Waals surface area contributed by atoms with Gasteiger partial charge in [0.2, 0.25) is 0 Å². The van der Waals surface area contributed by atoms with Gasteiger partial charge in [0.1, 0.15) is 0 Å². The van der Waals surface area contributed by atoms with E-state index in [4.69, 9.17) is 28.3 Å². The van der Waals surface area contributed by atoms with Gasteiger partial charge in [-0.05, 0) is 28.1 Å². The van der Waals surface area contributed by atoms with Crippen molar-refractivity contribution >= 4 is 67.3 Å². The van der Waals surface area contributed by atoms with Crippen LogP contribution in [0.15, 0.2) is 22.0 Å². The lowest BCUT2D eigenvalue weighted by Gasteiger charge is -2.07. The van der Waals surface area contributed by atoms with Gasteiger partial charge in [-0.2, -0.15) is 0 Å². The maximum atomic E-state index is 10.7. The number of hydrogen-bond donors (Lipinski definition) is 2. The van der Waals surface area contributed by atoms with E-state index >= 15 is 0 Å². The largest absolute Gasteiger partial charge is 0.476 e. The molecule has 2 N–H and O–H groups in total. The predicted molar refractivity (Wildman–Crippen MR) is 76.5 cm³/mol. The third-order valence-electron chi connectivity index (χ3n) is 2.00. The lowest BCUT2D eigenvalue weighted by Crippen LogP contribution is -1.97. The normalized spacial score (nSPS) is 10.4. The first-order chi connectivity index (χ1) is 8.49. The number of aromatic carboxylic acids is 1. The highest BCUT2D eigenvalue weighted by Gasteiger charge is 2.12. The fourth-order valence-electron chi connectivity index (χ4n) is 1.17. The minimum absolute atomic E-state index is 0.0122. The van der Waals surface area contributed by atoms with Gasteiger partial charge < -0.3 is 10.4 Å². The second-order valence-electron chi connectivity index (χ2n) is 3.19. The van der Waals surface area contributed by atoms with Crippen molar-refractivity contribution in [3.63, 3.8) is 0 Å². The van der Waals surface area contributed by atoms with Crippen LogP contribution in [0.5, 0.6) is 0 Å². The maximum absolute atomic E-state index is 10.7. The standard InChI is InChI=1S/C10H5BrCl2N2O2S/c11-4-1-2-5(8(13)7(4)12)14-10-15-6(3-18-10)9(16)17/h1-3H,(H,14,15)(H,16,17). The molecule has 0 fully saturated rings. The van der Waals surface area contributed by atoms with Gasteiger partial charge in [0, 0.05) is 9.85 Å². The molecule has 1 heterocycles. The molecule has 0 aliphatic rings. The van der Waals surface area contributed by atoms with E-state index in [2.05, 4.69) is 26.2 Å². The fraction of sp³-hybridized carbons (Fsp3) is 0. The molecule has 2 aromatic rings. The Balaban J connectivity index is 2.28. The molecule has 0 spiro atoms. The smallest absolute Gasteiger partial charge is 0.355 e. The van der Waals surface area contributed by atoms with E-state index in [0.29, 0.717) is 25.3 Å². The maximum Gasteiger partial charge on any atom is 0.355 e. The Labute approximate surface area is 125 Å². The molecule has 0 aliphatic carbocycles. The molecular weight excluding hydrogens is 363 g/mol. The van der Waals surface area contributed by atoms with Crippen LogP contribution >= 0.6 is 50.5 Å². The molecule has 1 aromatic carbocycles. The molecule has 0 saturated carbocycles. The first-order valence-electron chi connectivity index (χ1n) is 4.58. The number of aromatic nitrogens is 1. The molecule has 94 valence electrons. The van der Waals surface area contributed by atoms with Crippen LogP contribution in [0.3, 0.4) is 0 Å². The zero-order chi connectivity index (χ0) is 13.3. The Bertz CT molecular complexity index is 618. The lowest BCUT2D eigenvalue weighted by atomic mass is 10.3. The summed E-state index contributed by atoms with van der Waals surface area (Å²) < 4.78 is 0.685. The number of carbonyl (C=O) groups is 1. The van der Waals surface area contributed by atoms with Gasteiger partial charge in [-0.3, -0.25) is 0 Å². The van der Waals surface area contributed by atoms with Gasteiger partial charge in [0.15, 0.2) is 10.8 Å². The van der Waals surface area contributed by atoms with Crippen LogP contribution in [-0.4, -0.2) is 16.1 Å². The summed E-state index contributed by atoms with van der Waals surface area (Å²) in [4.78, 5) is 14.6. The number of nitrogens with zero attached hydrogens (tertiary/aromatic N) is 1. The number of hydrogen-bond acceptors (Lipinski definition) is 4. The molecule has 0 atom stereocenters.